The predicted octanol–water partition coefficient (Wildman–Crippen LogP) is 14.9. The molecule has 2 nitrogen and oxygen atoms in total. The number of anilines is 3. The van der Waals surface area contributed by atoms with Crippen molar-refractivity contribution in [1.82, 2.24) is 0 Å². The quantitative estimate of drug-likeness (QED) is 0.166. The van der Waals surface area contributed by atoms with Gasteiger partial charge in [0.15, 0.2) is 0 Å². The molecule has 9 aromatic carbocycles. The maximum atomic E-state index is 6.48. The van der Waals surface area contributed by atoms with E-state index in [0.717, 1.165) is 61.3 Å². The van der Waals surface area contributed by atoms with E-state index in [1.165, 1.54) is 33.0 Å². The Labute approximate surface area is 314 Å². The van der Waals surface area contributed by atoms with Gasteiger partial charge in [0, 0.05) is 33.4 Å². The Morgan fingerprint density at radius 2 is 0.870 bits per heavy atom. The van der Waals surface area contributed by atoms with Crippen molar-refractivity contribution in [2.45, 2.75) is 0 Å². The first-order chi connectivity index (χ1) is 26.8. The van der Waals surface area contributed by atoms with Crippen molar-refractivity contribution in [2.75, 3.05) is 4.90 Å². The van der Waals surface area contributed by atoms with E-state index in [9.17, 15) is 0 Å². The lowest BCUT2D eigenvalue weighted by Gasteiger charge is -2.27. The second-order valence-electron chi connectivity index (χ2n) is 13.7. The molecule has 0 spiro atoms. The Balaban J connectivity index is 1.08. The maximum absolute atomic E-state index is 6.48. The molecule has 0 radical (unpaired) electrons. The lowest BCUT2D eigenvalue weighted by Crippen LogP contribution is -2.10. The average Bonchev–Trinajstić information content (AvgIpc) is 3.63. The summed E-state index contributed by atoms with van der Waals surface area (Å²) in [7, 11) is 0. The van der Waals surface area contributed by atoms with Crippen LogP contribution in [-0.2, 0) is 0 Å². The highest BCUT2D eigenvalue weighted by Gasteiger charge is 2.18. The standard InChI is InChI=1S/C52H35NO/c1-4-14-38(15-5-1)46-31-30-45(35-49(46)40-18-8-3-9-19-40)53(44-29-25-36-13-10-11-20-41(36)33-44)43-27-23-37(24-28-43)42-26-32-51-50(34-42)48-22-12-21-47(52(48)54-51)39-16-6-2-7-17-39/h1-35H. The van der Waals surface area contributed by atoms with Crippen LogP contribution < -0.4 is 4.90 Å². The van der Waals surface area contributed by atoms with E-state index < -0.39 is 0 Å². The number of rotatable bonds is 7. The highest BCUT2D eigenvalue weighted by molar-refractivity contribution is 6.10. The number of hydrogen-bond donors (Lipinski definition) is 0. The molecule has 254 valence electrons. The second-order valence-corrected chi connectivity index (χ2v) is 13.7. The first kappa shape index (κ1) is 31.6. The molecule has 0 atom stereocenters. The van der Waals surface area contributed by atoms with Crippen LogP contribution in [0.3, 0.4) is 0 Å². The Hall–Kier alpha value is -7.16. The van der Waals surface area contributed by atoms with Crippen molar-refractivity contribution in [2.24, 2.45) is 0 Å². The Bertz CT molecular complexity index is 2910. The van der Waals surface area contributed by atoms with E-state index in [0.29, 0.717) is 0 Å². The molecule has 0 saturated carbocycles. The van der Waals surface area contributed by atoms with Crippen LogP contribution in [0.5, 0.6) is 0 Å². The van der Waals surface area contributed by atoms with Gasteiger partial charge in [-0.15, -0.1) is 0 Å². The van der Waals surface area contributed by atoms with Gasteiger partial charge in [0.05, 0.1) is 0 Å². The highest BCUT2D eigenvalue weighted by Crippen LogP contribution is 2.42. The van der Waals surface area contributed by atoms with Gasteiger partial charge in [-0.05, 0) is 98.2 Å². The molecule has 0 bridgehead atoms. The predicted molar refractivity (Wildman–Crippen MR) is 228 cm³/mol. The minimum atomic E-state index is 0.893. The van der Waals surface area contributed by atoms with Crippen LogP contribution in [0.1, 0.15) is 0 Å². The normalized spacial score (nSPS) is 11.3. The summed E-state index contributed by atoms with van der Waals surface area (Å²) >= 11 is 0. The fraction of sp³-hybridized carbons (Fsp3) is 0. The van der Waals surface area contributed by atoms with Crippen LogP contribution in [0.2, 0.25) is 0 Å². The molecule has 0 fully saturated rings. The van der Waals surface area contributed by atoms with Crippen molar-refractivity contribution < 1.29 is 4.42 Å². The number of benzene rings is 9. The smallest absolute Gasteiger partial charge is 0.143 e. The van der Waals surface area contributed by atoms with E-state index in [2.05, 4.69) is 211 Å². The van der Waals surface area contributed by atoms with Crippen LogP contribution in [0.4, 0.5) is 17.1 Å². The molecule has 54 heavy (non-hydrogen) atoms. The number of furan rings is 1. The van der Waals surface area contributed by atoms with Crippen molar-refractivity contribution in [1.29, 1.82) is 0 Å². The molecule has 1 heterocycles. The summed E-state index contributed by atoms with van der Waals surface area (Å²) in [6.45, 7) is 0. The van der Waals surface area contributed by atoms with E-state index in [-0.39, 0.29) is 0 Å². The third kappa shape index (κ3) is 5.71. The van der Waals surface area contributed by atoms with Gasteiger partial charge in [0.25, 0.3) is 0 Å². The Kier molecular flexibility index (Phi) is 7.85. The van der Waals surface area contributed by atoms with Gasteiger partial charge in [-0.3, -0.25) is 0 Å². The van der Waals surface area contributed by atoms with Gasteiger partial charge in [-0.1, -0.05) is 164 Å². The van der Waals surface area contributed by atoms with E-state index in [1.807, 2.05) is 6.07 Å². The second kappa shape index (κ2) is 13.4. The first-order valence-corrected chi connectivity index (χ1v) is 18.4. The average molecular weight is 690 g/mol. The lowest BCUT2D eigenvalue weighted by atomic mass is 9.93. The minimum Gasteiger partial charge on any atom is -0.455 e. The van der Waals surface area contributed by atoms with Gasteiger partial charge in [0.1, 0.15) is 11.2 Å². The summed E-state index contributed by atoms with van der Waals surface area (Å²) in [5.74, 6) is 0. The molecular formula is C52H35NO. The van der Waals surface area contributed by atoms with E-state index in [4.69, 9.17) is 4.42 Å². The number of nitrogens with zero attached hydrogens (tertiary/aromatic N) is 1. The van der Waals surface area contributed by atoms with Crippen LogP contribution >= 0.6 is 0 Å². The molecule has 2 heteroatoms. The summed E-state index contributed by atoms with van der Waals surface area (Å²) in [4.78, 5) is 2.37. The minimum absolute atomic E-state index is 0.893. The summed E-state index contributed by atoms with van der Waals surface area (Å²) in [5, 5.41) is 4.67. The largest absolute Gasteiger partial charge is 0.455 e. The zero-order chi connectivity index (χ0) is 35.8. The van der Waals surface area contributed by atoms with Gasteiger partial charge in [-0.2, -0.15) is 0 Å². The summed E-state index contributed by atoms with van der Waals surface area (Å²) in [6, 6.07) is 75.9. The fourth-order valence-corrected chi connectivity index (χ4v) is 7.79. The molecule has 0 aliphatic rings. The van der Waals surface area contributed by atoms with Crippen LogP contribution in [0, 0.1) is 0 Å². The number of hydrogen-bond acceptors (Lipinski definition) is 2. The van der Waals surface area contributed by atoms with E-state index >= 15 is 0 Å². The van der Waals surface area contributed by atoms with Gasteiger partial charge in [-0.25, -0.2) is 0 Å². The third-order valence-electron chi connectivity index (χ3n) is 10.5. The third-order valence-corrected chi connectivity index (χ3v) is 10.5. The van der Waals surface area contributed by atoms with Gasteiger partial charge in [0.2, 0.25) is 0 Å². The lowest BCUT2D eigenvalue weighted by molar-refractivity contribution is 0.670. The molecule has 10 aromatic rings. The number of fused-ring (bicyclic) bond motifs is 4. The molecule has 0 aliphatic carbocycles. The maximum Gasteiger partial charge on any atom is 0.143 e. The molecule has 0 unspecified atom stereocenters. The Morgan fingerprint density at radius 1 is 0.296 bits per heavy atom. The molecular weight excluding hydrogens is 655 g/mol. The summed E-state index contributed by atoms with van der Waals surface area (Å²) < 4.78 is 6.48. The van der Waals surface area contributed by atoms with Crippen LogP contribution in [0.25, 0.3) is 77.2 Å². The molecule has 0 N–H and O–H groups in total. The summed E-state index contributed by atoms with van der Waals surface area (Å²) in [5.41, 5.74) is 14.4. The van der Waals surface area contributed by atoms with Crippen molar-refractivity contribution >= 4 is 49.8 Å². The first-order valence-electron chi connectivity index (χ1n) is 18.4. The van der Waals surface area contributed by atoms with Gasteiger partial charge < -0.3 is 9.32 Å². The van der Waals surface area contributed by atoms with Crippen molar-refractivity contribution in [3.8, 4) is 44.5 Å². The SMILES string of the molecule is c1ccc(-c2ccc(N(c3ccc(-c4ccc5oc6c(-c7ccccc7)cccc6c5c4)cc3)c3ccc4ccccc4c3)cc2-c2ccccc2)cc1. The molecule has 0 aliphatic heterocycles. The fourth-order valence-electron chi connectivity index (χ4n) is 7.79. The molecule has 10 rings (SSSR count). The zero-order valence-corrected chi connectivity index (χ0v) is 29.6. The monoisotopic (exact) mass is 689 g/mol. The molecule has 1 aromatic heterocycles. The highest BCUT2D eigenvalue weighted by atomic mass is 16.3. The number of para-hydroxylation sites is 1. The molecule has 0 saturated heterocycles. The van der Waals surface area contributed by atoms with Gasteiger partial charge >= 0.3 is 0 Å². The summed E-state index contributed by atoms with van der Waals surface area (Å²) in [6.07, 6.45) is 0. The Morgan fingerprint density at radius 3 is 1.59 bits per heavy atom. The topological polar surface area (TPSA) is 16.4 Å². The van der Waals surface area contributed by atoms with Crippen molar-refractivity contribution in [3.05, 3.63) is 212 Å². The van der Waals surface area contributed by atoms with E-state index in [1.54, 1.807) is 0 Å². The van der Waals surface area contributed by atoms with Crippen LogP contribution in [-0.4, -0.2) is 0 Å². The zero-order valence-electron chi connectivity index (χ0n) is 29.6. The van der Waals surface area contributed by atoms with Crippen molar-refractivity contribution in [3.63, 3.8) is 0 Å². The molecule has 0 amide bonds. The van der Waals surface area contributed by atoms with Crippen LogP contribution in [0.15, 0.2) is 217 Å².